The summed E-state index contributed by atoms with van der Waals surface area (Å²) >= 11 is 9.75. The molecule has 0 atom stereocenters. The first kappa shape index (κ1) is 13.1. The van der Waals surface area contributed by atoms with Gasteiger partial charge in [-0.3, -0.25) is 0 Å². The molecular weight excluding hydrogens is 373 g/mol. The van der Waals surface area contributed by atoms with Gasteiger partial charge in [-0.25, -0.2) is 15.0 Å². The van der Waals surface area contributed by atoms with E-state index in [1.54, 1.807) is 18.4 Å². The number of rotatable bonds is 3. The number of ether oxygens (including phenoxy) is 1. The van der Waals surface area contributed by atoms with Gasteiger partial charge in [-0.05, 0) is 29.5 Å². The molecule has 7 heteroatoms. The van der Waals surface area contributed by atoms with Gasteiger partial charge >= 0.3 is 0 Å². The molecule has 0 amide bonds. The molecule has 0 bridgehead atoms. The van der Waals surface area contributed by atoms with Crippen molar-refractivity contribution in [2.75, 3.05) is 7.11 Å². The number of methoxy groups -OCH3 is 1. The zero-order valence-electron chi connectivity index (χ0n) is 9.20. The van der Waals surface area contributed by atoms with Crippen LogP contribution in [-0.4, -0.2) is 22.1 Å². The third-order valence-corrected chi connectivity index (χ3v) is 4.51. The molecule has 0 saturated heterocycles. The zero-order chi connectivity index (χ0) is 12.4. The van der Waals surface area contributed by atoms with Crippen molar-refractivity contribution < 1.29 is 4.74 Å². The van der Waals surface area contributed by atoms with E-state index in [2.05, 4.69) is 37.5 Å². The molecule has 0 saturated carbocycles. The molecule has 2 heterocycles. The highest BCUT2D eigenvalue weighted by Gasteiger charge is 2.13. The topological polar surface area (TPSA) is 47.9 Å². The van der Waals surface area contributed by atoms with Crippen molar-refractivity contribution in [2.24, 2.45) is 0 Å². The number of aromatic nitrogens is 3. The second kappa shape index (κ2) is 5.55. The summed E-state index contributed by atoms with van der Waals surface area (Å²) in [7, 11) is 1.62. The molecule has 2 aromatic rings. The summed E-state index contributed by atoms with van der Waals surface area (Å²) in [6.45, 7) is 2.36. The predicted molar refractivity (Wildman–Crippen MR) is 76.3 cm³/mol. The van der Waals surface area contributed by atoms with Crippen LogP contribution in [0.1, 0.15) is 10.7 Å². The van der Waals surface area contributed by atoms with Crippen molar-refractivity contribution in [3.8, 4) is 11.5 Å². The highest BCUT2D eigenvalue weighted by atomic mass is 127. The Bertz CT molecular complexity index is 546. The minimum absolute atomic E-state index is 0.413. The zero-order valence-corrected chi connectivity index (χ0v) is 12.9. The lowest BCUT2D eigenvalue weighted by molar-refractivity contribution is 0.181. The predicted octanol–water partition coefficient (Wildman–Crippen LogP) is 3.31. The van der Waals surface area contributed by atoms with Crippen molar-refractivity contribution in [2.45, 2.75) is 13.5 Å². The van der Waals surface area contributed by atoms with Crippen LogP contribution in [0, 0.1) is 10.5 Å². The number of hydrogen-bond donors (Lipinski definition) is 0. The maximum atomic E-state index is 6.07. The van der Waals surface area contributed by atoms with Gasteiger partial charge in [0.2, 0.25) is 0 Å². The first-order chi connectivity index (χ1) is 8.11. The fraction of sp³-hybridized carbons (Fsp3) is 0.300. The highest BCUT2D eigenvalue weighted by Crippen LogP contribution is 2.25. The highest BCUT2D eigenvalue weighted by molar-refractivity contribution is 14.1. The van der Waals surface area contributed by atoms with Crippen LogP contribution < -0.4 is 0 Å². The lowest BCUT2D eigenvalue weighted by Crippen LogP contribution is -2.02. The third kappa shape index (κ3) is 2.93. The molecule has 0 unspecified atom stereocenters. The fourth-order valence-electron chi connectivity index (χ4n) is 1.28. The second-order valence-electron chi connectivity index (χ2n) is 3.28. The van der Waals surface area contributed by atoms with Gasteiger partial charge < -0.3 is 4.74 Å². The van der Waals surface area contributed by atoms with Gasteiger partial charge in [0.05, 0.1) is 20.9 Å². The summed E-state index contributed by atoms with van der Waals surface area (Å²) in [5.74, 6) is 0.548. The van der Waals surface area contributed by atoms with Gasteiger partial charge in [-0.15, -0.1) is 11.3 Å². The molecular formula is C10H9ClIN3OS. The van der Waals surface area contributed by atoms with Gasteiger partial charge in [-0.2, -0.15) is 0 Å². The van der Waals surface area contributed by atoms with E-state index in [9.17, 15) is 0 Å². The fourth-order valence-corrected chi connectivity index (χ4v) is 2.45. The van der Waals surface area contributed by atoms with Crippen LogP contribution in [-0.2, 0) is 11.3 Å². The minimum atomic E-state index is 0.413. The SMILES string of the molecule is COCc1nc(-c2csc(C)n2)nc(Cl)c1I. The summed E-state index contributed by atoms with van der Waals surface area (Å²) < 4.78 is 5.91. The third-order valence-electron chi connectivity index (χ3n) is 2.01. The quantitative estimate of drug-likeness (QED) is 0.604. The largest absolute Gasteiger partial charge is 0.378 e. The lowest BCUT2D eigenvalue weighted by atomic mass is 10.4. The normalized spacial score (nSPS) is 10.8. The molecule has 0 radical (unpaired) electrons. The molecule has 2 aromatic heterocycles. The first-order valence-corrected chi connectivity index (χ1v) is 7.08. The van der Waals surface area contributed by atoms with E-state index in [4.69, 9.17) is 16.3 Å². The van der Waals surface area contributed by atoms with E-state index in [1.165, 1.54) is 0 Å². The Morgan fingerprint density at radius 1 is 1.41 bits per heavy atom. The van der Waals surface area contributed by atoms with E-state index in [1.807, 2.05) is 12.3 Å². The Balaban J connectivity index is 2.48. The molecule has 90 valence electrons. The minimum Gasteiger partial charge on any atom is -0.378 e. The van der Waals surface area contributed by atoms with Crippen LogP contribution in [0.25, 0.3) is 11.5 Å². The molecule has 4 nitrogen and oxygen atoms in total. The molecule has 0 spiro atoms. The van der Waals surface area contributed by atoms with E-state index in [-0.39, 0.29) is 0 Å². The van der Waals surface area contributed by atoms with Crippen molar-refractivity contribution >= 4 is 45.5 Å². The Morgan fingerprint density at radius 3 is 2.76 bits per heavy atom. The molecule has 0 fully saturated rings. The van der Waals surface area contributed by atoms with Crippen LogP contribution in [0.3, 0.4) is 0 Å². The van der Waals surface area contributed by atoms with Crippen LogP contribution in [0.4, 0.5) is 0 Å². The number of aryl methyl sites for hydroxylation is 1. The summed E-state index contributed by atoms with van der Waals surface area (Å²) in [4.78, 5) is 13.0. The summed E-state index contributed by atoms with van der Waals surface area (Å²) in [5.41, 5.74) is 1.54. The number of thiazole rings is 1. The van der Waals surface area contributed by atoms with E-state index >= 15 is 0 Å². The average molecular weight is 382 g/mol. The van der Waals surface area contributed by atoms with Gasteiger partial charge in [0.1, 0.15) is 10.8 Å². The molecule has 17 heavy (non-hydrogen) atoms. The number of halogens is 2. The summed E-state index contributed by atoms with van der Waals surface area (Å²) in [6, 6.07) is 0. The van der Waals surface area contributed by atoms with E-state index in [0.29, 0.717) is 17.6 Å². The van der Waals surface area contributed by atoms with Crippen molar-refractivity contribution in [3.63, 3.8) is 0 Å². The summed E-state index contributed by atoms with van der Waals surface area (Å²) in [6.07, 6.45) is 0. The van der Waals surface area contributed by atoms with Crippen LogP contribution >= 0.6 is 45.5 Å². The standard InChI is InChI=1S/C10H9ClIN3OS/c1-5-13-7(4-17-5)10-14-6(3-16-2)8(12)9(11)15-10/h4H,3H2,1-2H3. The van der Waals surface area contributed by atoms with Crippen LogP contribution in [0.2, 0.25) is 5.15 Å². The smallest absolute Gasteiger partial charge is 0.180 e. The number of nitrogens with zero attached hydrogens (tertiary/aromatic N) is 3. The molecule has 0 aliphatic carbocycles. The van der Waals surface area contributed by atoms with Gasteiger partial charge in [0.15, 0.2) is 5.82 Å². The number of hydrogen-bond acceptors (Lipinski definition) is 5. The van der Waals surface area contributed by atoms with Crippen molar-refractivity contribution in [3.05, 3.63) is 24.8 Å². The maximum Gasteiger partial charge on any atom is 0.180 e. The van der Waals surface area contributed by atoms with E-state index < -0.39 is 0 Å². The van der Waals surface area contributed by atoms with Gasteiger partial charge in [0.25, 0.3) is 0 Å². The van der Waals surface area contributed by atoms with Crippen LogP contribution in [0.15, 0.2) is 5.38 Å². The maximum absolute atomic E-state index is 6.07. The van der Waals surface area contributed by atoms with Gasteiger partial charge in [0, 0.05) is 12.5 Å². The Morgan fingerprint density at radius 2 is 2.18 bits per heavy atom. The second-order valence-corrected chi connectivity index (χ2v) is 5.78. The monoisotopic (exact) mass is 381 g/mol. The molecule has 0 aromatic carbocycles. The van der Waals surface area contributed by atoms with Gasteiger partial charge in [-0.1, -0.05) is 11.6 Å². The molecule has 0 N–H and O–H groups in total. The van der Waals surface area contributed by atoms with Crippen molar-refractivity contribution in [1.82, 2.24) is 15.0 Å². The Hall–Kier alpha value is -0.310. The Labute approximate surface area is 122 Å². The molecule has 0 aliphatic rings. The lowest BCUT2D eigenvalue weighted by Gasteiger charge is -2.05. The molecule has 2 rings (SSSR count). The van der Waals surface area contributed by atoms with Crippen LogP contribution in [0.5, 0.6) is 0 Å². The average Bonchev–Trinajstić information content (AvgIpc) is 2.71. The molecule has 0 aliphatic heterocycles. The van der Waals surface area contributed by atoms with E-state index in [0.717, 1.165) is 20.0 Å². The summed E-state index contributed by atoms with van der Waals surface area (Å²) in [5, 5.41) is 3.34. The Kier molecular flexibility index (Phi) is 4.29. The van der Waals surface area contributed by atoms with Crippen molar-refractivity contribution in [1.29, 1.82) is 0 Å². The first-order valence-electron chi connectivity index (χ1n) is 4.75.